The summed E-state index contributed by atoms with van der Waals surface area (Å²) in [5, 5.41) is 19.0. The van der Waals surface area contributed by atoms with Crippen molar-refractivity contribution in [3.05, 3.63) is 102 Å². The first kappa shape index (κ1) is 26.0. The second-order valence-electron chi connectivity index (χ2n) is 7.93. The third-order valence-corrected chi connectivity index (χ3v) is 6.02. The number of nitro groups is 1. The largest absolute Gasteiger partial charge is 0.476 e. The van der Waals surface area contributed by atoms with Crippen LogP contribution in [0.3, 0.4) is 0 Å². The van der Waals surface area contributed by atoms with E-state index in [9.17, 15) is 19.7 Å². The molecule has 0 radical (unpaired) electrons. The summed E-state index contributed by atoms with van der Waals surface area (Å²) < 4.78 is 7.34. The van der Waals surface area contributed by atoms with Gasteiger partial charge in [0.2, 0.25) is 5.75 Å². The summed E-state index contributed by atoms with van der Waals surface area (Å²) in [5.41, 5.74) is 1.15. The van der Waals surface area contributed by atoms with Gasteiger partial charge in [-0.25, -0.2) is 4.98 Å². The van der Waals surface area contributed by atoms with Crippen LogP contribution in [0.5, 0.6) is 5.75 Å². The highest BCUT2D eigenvalue weighted by Crippen LogP contribution is 2.34. The smallest absolute Gasteiger partial charge is 0.313 e. The van der Waals surface area contributed by atoms with Gasteiger partial charge in [-0.1, -0.05) is 45.7 Å². The summed E-state index contributed by atoms with van der Waals surface area (Å²) in [7, 11) is 0. The predicted octanol–water partition coefficient (Wildman–Crippen LogP) is 5.24. The molecule has 0 atom stereocenters. The van der Waals surface area contributed by atoms with Crippen molar-refractivity contribution in [2.24, 2.45) is 5.10 Å². The van der Waals surface area contributed by atoms with Crippen molar-refractivity contribution in [1.29, 1.82) is 0 Å². The summed E-state index contributed by atoms with van der Waals surface area (Å²) in [6, 6.07) is 14.8. The number of halogens is 2. The molecule has 0 saturated heterocycles. The molecule has 188 valence electrons. The molecule has 0 aliphatic heterocycles. The number of aryl methyl sites for hydroxylation is 2. The molecule has 1 aromatic heterocycles. The van der Waals surface area contributed by atoms with Gasteiger partial charge in [0.15, 0.2) is 6.61 Å². The molecule has 10 nitrogen and oxygen atoms in total. The molecule has 12 heteroatoms. The fourth-order valence-electron chi connectivity index (χ4n) is 3.54. The number of anilines is 1. The Bertz CT molecular complexity index is 1640. The molecule has 0 aliphatic carbocycles. The third kappa shape index (κ3) is 5.84. The summed E-state index contributed by atoms with van der Waals surface area (Å²) >= 11 is 9.44. The maximum Gasteiger partial charge on any atom is 0.313 e. The van der Waals surface area contributed by atoms with Crippen LogP contribution in [0, 0.1) is 24.0 Å². The van der Waals surface area contributed by atoms with E-state index in [0.717, 1.165) is 16.3 Å². The zero-order valence-corrected chi connectivity index (χ0v) is 21.9. The first-order valence-electron chi connectivity index (χ1n) is 10.8. The lowest BCUT2D eigenvalue weighted by Crippen LogP contribution is -2.22. The molecule has 4 aromatic rings. The fourth-order valence-corrected chi connectivity index (χ4v) is 4.12. The number of nitrogens with zero attached hydrogens (tertiary/aromatic N) is 4. The van der Waals surface area contributed by atoms with Crippen LogP contribution in [0.1, 0.15) is 17.0 Å². The van der Waals surface area contributed by atoms with E-state index in [-0.39, 0.29) is 16.3 Å². The van der Waals surface area contributed by atoms with E-state index >= 15 is 0 Å². The summed E-state index contributed by atoms with van der Waals surface area (Å²) in [4.78, 5) is 41.0. The summed E-state index contributed by atoms with van der Waals surface area (Å²) in [6.45, 7) is 2.93. The number of aromatic nitrogens is 2. The van der Waals surface area contributed by atoms with Crippen LogP contribution in [0.15, 0.2) is 69.0 Å². The van der Waals surface area contributed by atoms with Gasteiger partial charge in [-0.15, -0.1) is 0 Å². The number of fused-ring (bicyclic) bond motifs is 1. The normalized spacial score (nSPS) is 11.1. The van der Waals surface area contributed by atoms with E-state index in [4.69, 9.17) is 16.3 Å². The lowest BCUT2D eigenvalue weighted by atomic mass is 10.2. The predicted molar refractivity (Wildman–Crippen MR) is 145 cm³/mol. The van der Waals surface area contributed by atoms with Gasteiger partial charge in [0, 0.05) is 26.8 Å². The third-order valence-electron chi connectivity index (χ3n) is 5.31. The Hall–Kier alpha value is -4.09. The number of hydrogen-bond acceptors (Lipinski definition) is 7. The molecule has 1 heterocycles. The number of rotatable bonds is 7. The highest BCUT2D eigenvalue weighted by atomic mass is 79.9. The van der Waals surface area contributed by atoms with Crippen molar-refractivity contribution in [1.82, 2.24) is 9.66 Å². The highest BCUT2D eigenvalue weighted by molar-refractivity contribution is 9.10. The van der Waals surface area contributed by atoms with Crippen LogP contribution >= 0.6 is 27.5 Å². The zero-order valence-electron chi connectivity index (χ0n) is 19.6. The van der Waals surface area contributed by atoms with Crippen LogP contribution in [0.4, 0.5) is 11.4 Å². The average Bonchev–Trinajstić information content (AvgIpc) is 2.84. The standard InChI is InChI=1S/C25H19BrClN5O5/c1-14-5-3-4-6-20(14)30-23(33)13-37-24-16(9-18(27)11-22(24)32(35)36)12-28-31-15(2)29-21-8-7-17(26)10-19(21)25(31)34/h3-12H,13H2,1-2H3,(H,30,33). The molecule has 37 heavy (non-hydrogen) atoms. The van der Waals surface area contributed by atoms with Crippen molar-refractivity contribution in [3.63, 3.8) is 0 Å². The molecule has 3 aromatic carbocycles. The Morgan fingerprint density at radius 2 is 2.00 bits per heavy atom. The van der Waals surface area contributed by atoms with Gasteiger partial charge in [0.25, 0.3) is 11.5 Å². The molecule has 0 unspecified atom stereocenters. The van der Waals surface area contributed by atoms with Crippen molar-refractivity contribution < 1.29 is 14.5 Å². The van der Waals surface area contributed by atoms with Gasteiger partial charge < -0.3 is 10.1 Å². The molecule has 0 bridgehead atoms. The number of amides is 1. The van der Waals surface area contributed by atoms with Crippen LogP contribution in [0.25, 0.3) is 10.9 Å². The summed E-state index contributed by atoms with van der Waals surface area (Å²) in [6.07, 6.45) is 1.20. The lowest BCUT2D eigenvalue weighted by molar-refractivity contribution is -0.385. The van der Waals surface area contributed by atoms with Crippen LogP contribution in [-0.2, 0) is 4.79 Å². The topological polar surface area (TPSA) is 129 Å². The Kier molecular flexibility index (Phi) is 7.65. The lowest BCUT2D eigenvalue weighted by Gasteiger charge is -2.12. The van der Waals surface area contributed by atoms with Crippen molar-refractivity contribution in [2.45, 2.75) is 13.8 Å². The highest BCUT2D eigenvalue weighted by Gasteiger charge is 2.22. The number of hydrogen-bond donors (Lipinski definition) is 1. The first-order chi connectivity index (χ1) is 17.6. The maximum atomic E-state index is 13.0. The minimum Gasteiger partial charge on any atom is -0.476 e. The number of carbonyl (C=O) groups excluding carboxylic acids is 1. The van der Waals surface area contributed by atoms with Gasteiger partial charge in [-0.3, -0.25) is 19.7 Å². The molecule has 0 fully saturated rings. The van der Waals surface area contributed by atoms with Gasteiger partial charge >= 0.3 is 5.69 Å². The van der Waals surface area contributed by atoms with Gasteiger partial charge in [0.1, 0.15) is 5.82 Å². The van der Waals surface area contributed by atoms with Crippen LogP contribution in [0.2, 0.25) is 5.02 Å². The Morgan fingerprint density at radius 3 is 2.73 bits per heavy atom. The monoisotopic (exact) mass is 583 g/mol. The number of para-hydroxylation sites is 1. The Balaban J connectivity index is 1.69. The number of benzene rings is 3. The molecule has 4 rings (SSSR count). The number of ether oxygens (including phenoxy) is 1. The molecule has 0 spiro atoms. The molecule has 0 saturated carbocycles. The zero-order chi connectivity index (χ0) is 26.7. The molecular weight excluding hydrogens is 566 g/mol. The van der Waals surface area contributed by atoms with E-state index in [1.54, 1.807) is 37.3 Å². The number of carbonyl (C=O) groups is 1. The molecular formula is C25H19BrClN5O5. The van der Waals surface area contributed by atoms with Crippen LogP contribution < -0.4 is 15.6 Å². The van der Waals surface area contributed by atoms with Crippen molar-refractivity contribution in [3.8, 4) is 5.75 Å². The SMILES string of the molecule is Cc1ccccc1NC(=O)COc1c(C=Nn2c(C)nc3ccc(Br)cc3c2=O)cc(Cl)cc1[N+](=O)[O-]. The van der Waals surface area contributed by atoms with E-state index in [0.29, 0.717) is 26.9 Å². The quantitative estimate of drug-likeness (QED) is 0.180. The Morgan fingerprint density at radius 1 is 1.24 bits per heavy atom. The van der Waals surface area contributed by atoms with Gasteiger partial charge in [-0.05, 0) is 49.7 Å². The maximum absolute atomic E-state index is 13.0. The minimum absolute atomic E-state index is 0.0505. The number of nitrogens with one attached hydrogen (secondary N) is 1. The van der Waals surface area contributed by atoms with Crippen molar-refractivity contribution in [2.75, 3.05) is 11.9 Å². The average molecular weight is 585 g/mol. The fraction of sp³-hybridized carbons (Fsp3) is 0.120. The van der Waals surface area contributed by atoms with E-state index < -0.39 is 28.7 Å². The molecule has 0 aliphatic rings. The van der Waals surface area contributed by atoms with E-state index in [2.05, 4.69) is 31.3 Å². The molecule has 1 N–H and O–H groups in total. The van der Waals surface area contributed by atoms with E-state index in [1.165, 1.54) is 12.3 Å². The summed E-state index contributed by atoms with van der Waals surface area (Å²) in [5.74, 6) is -0.439. The Labute approximate surface area is 223 Å². The molecule has 1 amide bonds. The second kappa shape index (κ2) is 10.9. The first-order valence-corrected chi connectivity index (χ1v) is 12.0. The minimum atomic E-state index is -0.676. The van der Waals surface area contributed by atoms with E-state index in [1.807, 2.05) is 19.1 Å². The van der Waals surface area contributed by atoms with Gasteiger partial charge in [0.05, 0.1) is 22.0 Å². The van der Waals surface area contributed by atoms with Crippen LogP contribution in [-0.4, -0.2) is 33.3 Å². The van der Waals surface area contributed by atoms with Gasteiger partial charge in [-0.2, -0.15) is 9.78 Å². The van der Waals surface area contributed by atoms with Crippen molar-refractivity contribution >= 4 is 61.9 Å². The number of nitro benzene ring substituents is 1. The second-order valence-corrected chi connectivity index (χ2v) is 9.29.